The first-order chi connectivity index (χ1) is 10.3. The predicted molar refractivity (Wildman–Crippen MR) is 80.4 cm³/mol. The van der Waals surface area contributed by atoms with Crippen LogP contribution < -0.4 is 0 Å². The smallest absolute Gasteiger partial charge is 0.410 e. The van der Waals surface area contributed by atoms with E-state index < -0.39 is 0 Å². The van der Waals surface area contributed by atoms with Gasteiger partial charge in [-0.2, -0.15) is 0 Å². The van der Waals surface area contributed by atoms with E-state index in [1.165, 1.54) is 0 Å². The molecule has 0 radical (unpaired) electrons. The fourth-order valence-corrected chi connectivity index (χ4v) is 3.85. The van der Waals surface area contributed by atoms with Crippen LogP contribution in [0.5, 0.6) is 0 Å². The van der Waals surface area contributed by atoms with Crippen molar-refractivity contribution in [2.75, 3.05) is 32.1 Å². The molecule has 2 aliphatic heterocycles. The van der Waals surface area contributed by atoms with E-state index in [9.17, 15) is 4.79 Å². The van der Waals surface area contributed by atoms with Gasteiger partial charge < -0.3 is 18.8 Å². The molecule has 2 saturated heterocycles. The summed E-state index contributed by atoms with van der Waals surface area (Å²) in [6.45, 7) is 2.84. The molecule has 0 aliphatic carbocycles. The van der Waals surface area contributed by atoms with Crippen LogP contribution in [0.4, 0.5) is 4.79 Å². The topological polar surface area (TPSA) is 51.9 Å². The zero-order valence-electron chi connectivity index (χ0n) is 12.0. The molecule has 0 N–H and O–H groups in total. The van der Waals surface area contributed by atoms with Gasteiger partial charge in [-0.15, -0.1) is 11.8 Å². The summed E-state index contributed by atoms with van der Waals surface area (Å²) in [5.74, 6) is 1.91. The van der Waals surface area contributed by atoms with Crippen LogP contribution in [-0.2, 0) is 9.47 Å². The van der Waals surface area contributed by atoms with Gasteiger partial charge in [0.2, 0.25) is 0 Å². The number of furan rings is 1. The lowest BCUT2D eigenvalue weighted by molar-refractivity contribution is -0.00964. The van der Waals surface area contributed by atoms with E-state index >= 15 is 0 Å². The highest BCUT2D eigenvalue weighted by molar-refractivity contribution is 7.99. The summed E-state index contributed by atoms with van der Waals surface area (Å²) in [6, 6.07) is 3.92. The predicted octanol–water partition coefficient (Wildman–Crippen LogP) is 3.08. The van der Waals surface area contributed by atoms with Crippen LogP contribution in [0.25, 0.3) is 0 Å². The number of carbonyl (C=O) groups excluding carboxylic acids is 1. The summed E-state index contributed by atoms with van der Waals surface area (Å²) >= 11 is 1.85. The Bertz CT molecular complexity index is 445. The average Bonchev–Trinajstić information content (AvgIpc) is 2.93. The van der Waals surface area contributed by atoms with Crippen molar-refractivity contribution >= 4 is 17.9 Å². The summed E-state index contributed by atoms with van der Waals surface area (Å²) in [4.78, 5) is 14.1. The second-order valence-electron chi connectivity index (χ2n) is 5.35. The number of carbonyl (C=O) groups is 1. The molecule has 6 heteroatoms. The zero-order valence-corrected chi connectivity index (χ0v) is 12.8. The standard InChI is InChI=1S/C15H21NO4S/c17-15(20-12-4-9-18-10-5-12)16-6-3-14(21-11-7-16)13-2-1-8-19-13/h1-2,8,12,14H,3-7,9-11H2/t14-/m0/s1. The largest absolute Gasteiger partial charge is 0.468 e. The highest BCUT2D eigenvalue weighted by atomic mass is 32.2. The van der Waals surface area contributed by atoms with Crippen LogP contribution in [0.1, 0.15) is 30.3 Å². The van der Waals surface area contributed by atoms with Gasteiger partial charge in [0.25, 0.3) is 0 Å². The van der Waals surface area contributed by atoms with Crippen molar-refractivity contribution < 1.29 is 18.7 Å². The van der Waals surface area contributed by atoms with Crippen molar-refractivity contribution in [3.63, 3.8) is 0 Å². The van der Waals surface area contributed by atoms with Gasteiger partial charge in [0, 0.05) is 31.7 Å². The van der Waals surface area contributed by atoms with Gasteiger partial charge in [-0.1, -0.05) is 0 Å². The van der Waals surface area contributed by atoms with Crippen LogP contribution in [0.2, 0.25) is 0 Å². The highest BCUT2D eigenvalue weighted by Gasteiger charge is 2.26. The quantitative estimate of drug-likeness (QED) is 0.840. The van der Waals surface area contributed by atoms with Gasteiger partial charge in [-0.25, -0.2) is 4.79 Å². The van der Waals surface area contributed by atoms with Crippen LogP contribution in [0.15, 0.2) is 22.8 Å². The normalized spacial score (nSPS) is 24.6. The maximum Gasteiger partial charge on any atom is 0.410 e. The van der Waals surface area contributed by atoms with Gasteiger partial charge in [0.1, 0.15) is 11.9 Å². The maximum atomic E-state index is 12.2. The summed E-state index contributed by atoms with van der Waals surface area (Å²) < 4.78 is 16.3. The molecule has 0 aromatic carbocycles. The fraction of sp³-hybridized carbons (Fsp3) is 0.667. The van der Waals surface area contributed by atoms with Crippen LogP contribution in [-0.4, -0.2) is 49.2 Å². The fourth-order valence-electron chi connectivity index (χ4n) is 2.67. The van der Waals surface area contributed by atoms with Crippen molar-refractivity contribution in [2.24, 2.45) is 0 Å². The van der Waals surface area contributed by atoms with E-state index in [2.05, 4.69) is 0 Å². The van der Waals surface area contributed by atoms with Gasteiger partial charge >= 0.3 is 6.09 Å². The summed E-state index contributed by atoms with van der Waals surface area (Å²) in [5.41, 5.74) is 0. The van der Waals surface area contributed by atoms with Crippen LogP contribution >= 0.6 is 11.8 Å². The van der Waals surface area contributed by atoms with E-state index in [0.29, 0.717) is 18.5 Å². The SMILES string of the molecule is O=C(OC1CCOCC1)N1CCS[C@H](c2ccco2)CC1. The molecule has 0 unspecified atom stereocenters. The van der Waals surface area contributed by atoms with E-state index in [-0.39, 0.29) is 12.2 Å². The Labute approximate surface area is 128 Å². The molecule has 5 nitrogen and oxygen atoms in total. The summed E-state index contributed by atoms with van der Waals surface area (Å²) in [6.07, 6.45) is 4.07. The molecule has 2 fully saturated rings. The monoisotopic (exact) mass is 311 g/mol. The minimum absolute atomic E-state index is 0.0167. The molecule has 0 spiro atoms. The van der Waals surface area contributed by atoms with Crippen molar-refractivity contribution in [3.8, 4) is 0 Å². The lowest BCUT2D eigenvalue weighted by Gasteiger charge is -2.26. The zero-order chi connectivity index (χ0) is 14.5. The van der Waals surface area contributed by atoms with Crippen molar-refractivity contribution in [1.82, 2.24) is 4.90 Å². The Balaban J connectivity index is 1.51. The van der Waals surface area contributed by atoms with Gasteiger partial charge in [0.05, 0.1) is 24.7 Å². The second kappa shape index (κ2) is 7.22. The van der Waals surface area contributed by atoms with Gasteiger partial charge in [-0.05, 0) is 18.6 Å². The molecule has 2 aliphatic rings. The van der Waals surface area contributed by atoms with Crippen molar-refractivity contribution in [2.45, 2.75) is 30.6 Å². The third kappa shape index (κ3) is 3.95. The van der Waals surface area contributed by atoms with Gasteiger partial charge in [0.15, 0.2) is 0 Å². The third-order valence-corrected chi connectivity index (χ3v) is 5.18. The first kappa shape index (κ1) is 14.8. The second-order valence-corrected chi connectivity index (χ2v) is 6.66. The Morgan fingerprint density at radius 1 is 1.29 bits per heavy atom. The molecule has 1 amide bonds. The minimum Gasteiger partial charge on any atom is -0.468 e. The number of nitrogens with zero attached hydrogens (tertiary/aromatic N) is 1. The molecule has 0 saturated carbocycles. The molecule has 0 bridgehead atoms. The van der Waals surface area contributed by atoms with E-state index in [0.717, 1.165) is 43.9 Å². The first-order valence-electron chi connectivity index (χ1n) is 7.51. The molecule has 1 aromatic rings. The van der Waals surface area contributed by atoms with E-state index in [4.69, 9.17) is 13.9 Å². The van der Waals surface area contributed by atoms with Crippen LogP contribution in [0.3, 0.4) is 0 Å². The summed E-state index contributed by atoms with van der Waals surface area (Å²) in [7, 11) is 0. The third-order valence-electron chi connectivity index (χ3n) is 3.90. The molecular weight excluding hydrogens is 290 g/mol. The molecular formula is C15H21NO4S. The van der Waals surface area contributed by atoms with Gasteiger partial charge in [-0.3, -0.25) is 0 Å². The number of amides is 1. The summed E-state index contributed by atoms with van der Waals surface area (Å²) in [5, 5.41) is 0.334. The van der Waals surface area contributed by atoms with E-state index in [1.54, 1.807) is 6.26 Å². The van der Waals surface area contributed by atoms with Crippen molar-refractivity contribution in [1.29, 1.82) is 0 Å². The molecule has 3 rings (SSSR count). The molecule has 1 atom stereocenters. The highest BCUT2D eigenvalue weighted by Crippen LogP contribution is 2.34. The molecule has 116 valence electrons. The molecule has 3 heterocycles. The number of ether oxygens (including phenoxy) is 2. The number of thioether (sulfide) groups is 1. The Kier molecular flexibility index (Phi) is 5.08. The Morgan fingerprint density at radius 2 is 2.14 bits per heavy atom. The van der Waals surface area contributed by atoms with E-state index in [1.807, 2.05) is 28.8 Å². The average molecular weight is 311 g/mol. The number of hydrogen-bond acceptors (Lipinski definition) is 5. The first-order valence-corrected chi connectivity index (χ1v) is 8.56. The lowest BCUT2D eigenvalue weighted by atomic mass is 10.2. The lowest BCUT2D eigenvalue weighted by Crippen LogP contribution is -2.37. The molecule has 1 aromatic heterocycles. The number of hydrogen-bond donors (Lipinski definition) is 0. The van der Waals surface area contributed by atoms with Crippen molar-refractivity contribution in [3.05, 3.63) is 24.2 Å². The molecule has 21 heavy (non-hydrogen) atoms. The Morgan fingerprint density at radius 3 is 2.90 bits per heavy atom. The Hall–Kier alpha value is -1.14. The maximum absolute atomic E-state index is 12.2. The number of rotatable bonds is 2. The van der Waals surface area contributed by atoms with Crippen LogP contribution in [0, 0.1) is 0 Å². The minimum atomic E-state index is -0.178.